The SMILES string of the molecule is CCCCOC1C2CC3CCCCC3CC2C(OCCCC)C2C3NC4NC(NC5NC(NC6NC(NC(N3)C12)C1C(C)C2CCCCC2C(OC)C61)C1C(OCCCC)C2CC3CCCCC3CC2C(OCCCC)C51)C1C(OC)C2CCCCC2C(C)C41. The number of nitrogens with one attached hydrogen (secondary N) is 8. The Balaban J connectivity index is 0.884. The summed E-state index contributed by atoms with van der Waals surface area (Å²) in [5.41, 5.74) is 0. The topological polar surface area (TPSA) is 152 Å². The van der Waals surface area contributed by atoms with Gasteiger partial charge in [-0.15, -0.1) is 0 Å². The van der Waals surface area contributed by atoms with Gasteiger partial charge >= 0.3 is 0 Å². The third kappa shape index (κ3) is 11.8. The van der Waals surface area contributed by atoms with Gasteiger partial charge in [-0.3, -0.25) is 42.5 Å². The monoisotopic (exact) mass is 1250 g/mol. The fourth-order valence-corrected chi connectivity index (χ4v) is 26.5. The summed E-state index contributed by atoms with van der Waals surface area (Å²) in [5.74, 6) is 10.9. The molecule has 5 saturated heterocycles. The molecule has 14 heteroatoms. The average Bonchev–Trinajstić information content (AvgIpc) is 1.50. The van der Waals surface area contributed by atoms with Crippen LogP contribution in [0.3, 0.4) is 0 Å². The van der Waals surface area contributed by atoms with E-state index in [0.29, 0.717) is 71.0 Å². The Bertz CT molecular complexity index is 2160. The Hall–Kier alpha value is -0.560. The maximum atomic E-state index is 7.75. The van der Waals surface area contributed by atoms with Gasteiger partial charge in [-0.25, -0.2) is 0 Å². The van der Waals surface area contributed by atoms with Gasteiger partial charge in [0.25, 0.3) is 0 Å². The lowest BCUT2D eigenvalue weighted by Gasteiger charge is -2.57. The maximum Gasteiger partial charge on any atom is 0.0667 e. The van der Waals surface area contributed by atoms with Gasteiger partial charge in [0.05, 0.1) is 86.0 Å². The smallest absolute Gasteiger partial charge is 0.0667 e. The van der Waals surface area contributed by atoms with Gasteiger partial charge in [-0.05, 0) is 172 Å². The minimum absolute atomic E-state index is 0.00131. The van der Waals surface area contributed by atoms with Crippen LogP contribution in [0.5, 0.6) is 0 Å². The van der Waals surface area contributed by atoms with Gasteiger partial charge in [-0.1, -0.05) is 144 Å². The predicted octanol–water partition coefficient (Wildman–Crippen LogP) is 11.7. The molecule has 512 valence electrons. The lowest BCUT2D eigenvalue weighted by molar-refractivity contribution is -0.186. The molecule has 0 spiro atoms. The third-order valence-electron chi connectivity index (χ3n) is 30.2. The van der Waals surface area contributed by atoms with Crippen LogP contribution in [0.1, 0.15) is 221 Å². The first-order chi connectivity index (χ1) is 44.2. The van der Waals surface area contributed by atoms with E-state index in [9.17, 15) is 0 Å². The highest BCUT2D eigenvalue weighted by Gasteiger charge is 2.68. The minimum Gasteiger partial charge on any atom is -0.381 e. The molecule has 0 aromatic rings. The molecule has 90 heavy (non-hydrogen) atoms. The normalized spacial score (nSPS) is 53.3. The van der Waals surface area contributed by atoms with E-state index < -0.39 is 0 Å². The molecule has 15 aliphatic rings. The van der Waals surface area contributed by atoms with E-state index in [2.05, 4.69) is 77.0 Å². The van der Waals surface area contributed by atoms with Crippen molar-refractivity contribution in [2.24, 2.45) is 130 Å². The molecule has 0 aromatic carbocycles. The van der Waals surface area contributed by atoms with Crippen LogP contribution in [0, 0.1) is 130 Å². The van der Waals surface area contributed by atoms with Gasteiger partial charge in [0.1, 0.15) is 0 Å². The van der Waals surface area contributed by atoms with Gasteiger partial charge in [0.2, 0.25) is 0 Å². The van der Waals surface area contributed by atoms with Gasteiger partial charge in [0, 0.05) is 76.2 Å². The van der Waals surface area contributed by atoms with E-state index in [0.717, 1.165) is 101 Å². The fourth-order valence-electron chi connectivity index (χ4n) is 26.5. The van der Waals surface area contributed by atoms with Crippen LogP contribution in [-0.4, -0.2) is 127 Å². The summed E-state index contributed by atoms with van der Waals surface area (Å²) >= 11 is 0. The zero-order chi connectivity index (χ0) is 61.3. The molecule has 15 rings (SSSR count). The number of fused-ring (bicyclic) bond motifs is 26. The molecule has 14 nitrogen and oxygen atoms in total. The molecule has 8 N–H and O–H groups in total. The Kier molecular flexibility index (Phi) is 20.9. The average molecular weight is 1250 g/mol. The van der Waals surface area contributed by atoms with Crippen molar-refractivity contribution in [3.05, 3.63) is 0 Å². The second kappa shape index (κ2) is 28.7. The lowest BCUT2D eigenvalue weighted by Crippen LogP contribution is -2.64. The van der Waals surface area contributed by atoms with Gasteiger partial charge in [0.15, 0.2) is 0 Å². The minimum atomic E-state index is 0.00131. The fraction of sp³-hybridized carbons (Fsp3) is 1.00. The molecule has 0 radical (unpaired) electrons. The van der Waals surface area contributed by atoms with Crippen molar-refractivity contribution in [3.63, 3.8) is 0 Å². The van der Waals surface area contributed by atoms with E-state index in [1.165, 1.54) is 128 Å². The molecule has 15 fully saturated rings. The largest absolute Gasteiger partial charge is 0.381 e. The first kappa shape index (κ1) is 65.4. The van der Waals surface area contributed by atoms with Crippen molar-refractivity contribution >= 4 is 0 Å². The molecule has 5 heterocycles. The quantitative estimate of drug-likeness (QED) is 0.0615. The molecule has 0 amide bonds. The summed E-state index contributed by atoms with van der Waals surface area (Å²) in [6.07, 6.45) is 37.1. The van der Waals surface area contributed by atoms with Crippen LogP contribution in [0.4, 0.5) is 0 Å². The predicted molar refractivity (Wildman–Crippen MR) is 356 cm³/mol. The summed E-state index contributed by atoms with van der Waals surface area (Å²) in [7, 11) is 4.17. The van der Waals surface area contributed by atoms with E-state index in [4.69, 9.17) is 49.7 Å². The molecule has 8 bridgehead atoms. The molecule has 5 aliphatic heterocycles. The Labute approximate surface area is 546 Å². The van der Waals surface area contributed by atoms with E-state index in [1.807, 2.05) is 0 Å². The zero-order valence-electron chi connectivity index (χ0n) is 57.9. The lowest BCUT2D eigenvalue weighted by atomic mass is 9.54. The van der Waals surface area contributed by atoms with Crippen molar-refractivity contribution in [2.45, 2.75) is 307 Å². The molecule has 36 unspecified atom stereocenters. The van der Waals surface area contributed by atoms with Crippen molar-refractivity contribution in [1.82, 2.24) is 42.5 Å². The summed E-state index contributed by atoms with van der Waals surface area (Å²) in [5, 5.41) is 37.5. The Morgan fingerprint density at radius 2 is 0.489 bits per heavy atom. The maximum absolute atomic E-state index is 7.75. The van der Waals surface area contributed by atoms with E-state index in [-0.39, 0.29) is 121 Å². The standard InChI is InChI=1S/C76H132N8O6/c1-9-13-33-87-65-51-37-43-25-17-18-26-44(43)38-52(51)66(88-34-14-10-2)60-59(65)73-79-69-55-41(5)47-29-21-23-31-49(47)63(85-7)57(55)71(77-69)81-75-61-62(68(90-36-16-12-4)54-40-46-28-20-19-27-45(46)39-53(54)67(61)89-35-15-11-3)76(84-75)82-72-58-56(70(78-72)80-74(60)83-73)42(6)48-30-22-24-32-50(48)64(58)86-8/h41-84H,9-40H2,1-8H3. The van der Waals surface area contributed by atoms with Gasteiger partial charge < -0.3 is 28.4 Å². The zero-order valence-corrected chi connectivity index (χ0v) is 57.9. The van der Waals surface area contributed by atoms with Crippen LogP contribution < -0.4 is 42.5 Å². The number of rotatable bonds is 18. The van der Waals surface area contributed by atoms with Crippen LogP contribution in [-0.2, 0) is 28.4 Å². The number of ether oxygens (including phenoxy) is 6. The van der Waals surface area contributed by atoms with Crippen LogP contribution in [0.2, 0.25) is 0 Å². The van der Waals surface area contributed by atoms with Crippen molar-refractivity contribution in [2.75, 3.05) is 40.6 Å². The number of hydrogen-bond acceptors (Lipinski definition) is 14. The van der Waals surface area contributed by atoms with Crippen molar-refractivity contribution < 1.29 is 28.4 Å². The number of hydrogen-bond donors (Lipinski definition) is 8. The van der Waals surface area contributed by atoms with Crippen molar-refractivity contribution in [1.29, 1.82) is 0 Å². The number of unbranched alkanes of at least 4 members (excludes halogenated alkanes) is 4. The van der Waals surface area contributed by atoms with Crippen LogP contribution >= 0.6 is 0 Å². The van der Waals surface area contributed by atoms with Crippen molar-refractivity contribution in [3.8, 4) is 0 Å². The Morgan fingerprint density at radius 3 is 0.733 bits per heavy atom. The summed E-state index contributed by atoms with van der Waals surface area (Å²) < 4.78 is 45.2. The van der Waals surface area contributed by atoms with E-state index in [1.54, 1.807) is 0 Å². The molecule has 0 aromatic heterocycles. The summed E-state index contributed by atoms with van der Waals surface area (Å²) in [6, 6.07) is 0. The van der Waals surface area contributed by atoms with E-state index >= 15 is 0 Å². The highest BCUT2D eigenvalue weighted by molar-refractivity contribution is 5.19. The highest BCUT2D eigenvalue weighted by Crippen LogP contribution is 2.61. The second-order valence-corrected chi connectivity index (χ2v) is 34.1. The second-order valence-electron chi connectivity index (χ2n) is 34.1. The third-order valence-corrected chi connectivity index (χ3v) is 30.2. The molecular weight excluding hydrogens is 1120 g/mol. The first-order valence-corrected chi connectivity index (χ1v) is 39.9. The summed E-state index contributed by atoms with van der Waals surface area (Å²) in [4.78, 5) is 0. The first-order valence-electron chi connectivity index (χ1n) is 39.9. The molecule has 36 atom stereocenters. The summed E-state index contributed by atoms with van der Waals surface area (Å²) in [6.45, 7) is 18.1. The van der Waals surface area contributed by atoms with Crippen LogP contribution in [0.25, 0.3) is 0 Å². The molecule has 10 aliphatic carbocycles. The Morgan fingerprint density at radius 1 is 0.267 bits per heavy atom. The van der Waals surface area contributed by atoms with Crippen LogP contribution in [0.15, 0.2) is 0 Å². The number of methoxy groups -OCH3 is 2. The molecular formula is C76H132N8O6. The van der Waals surface area contributed by atoms with Gasteiger partial charge in [-0.2, -0.15) is 0 Å². The highest BCUT2D eigenvalue weighted by atomic mass is 16.5. The molecule has 10 saturated carbocycles.